The third-order valence-electron chi connectivity index (χ3n) is 3.69. The van der Waals surface area contributed by atoms with Gasteiger partial charge in [0.25, 0.3) is 0 Å². The lowest BCUT2D eigenvalue weighted by atomic mass is 10.1. The zero-order valence-electron chi connectivity index (χ0n) is 14.6. The van der Waals surface area contributed by atoms with Gasteiger partial charge >= 0.3 is 0 Å². The van der Waals surface area contributed by atoms with Crippen LogP contribution in [0.15, 0.2) is 36.4 Å². The third-order valence-corrected chi connectivity index (χ3v) is 3.69. The van der Waals surface area contributed by atoms with Crippen LogP contribution in [-0.2, 0) is 11.4 Å². The molecule has 0 fully saturated rings. The van der Waals surface area contributed by atoms with Crippen molar-refractivity contribution in [1.82, 2.24) is 0 Å². The Morgan fingerprint density at radius 1 is 1.28 bits per heavy atom. The second kappa shape index (κ2) is 8.48. The number of ether oxygens (including phenoxy) is 1. The Balaban J connectivity index is 2.05. The minimum Gasteiger partial charge on any atom is -0.494 e. The van der Waals surface area contributed by atoms with E-state index in [9.17, 15) is 14.3 Å². The van der Waals surface area contributed by atoms with Crippen LogP contribution in [0.1, 0.15) is 25.0 Å². The second-order valence-corrected chi connectivity index (χ2v) is 5.75. The number of hydrogen-bond donors (Lipinski definition) is 3. The quantitative estimate of drug-likeness (QED) is 0.718. The number of anilines is 2. The minimum atomic E-state index is -0.592. The fourth-order valence-corrected chi connectivity index (χ4v) is 2.37. The van der Waals surface area contributed by atoms with Crippen LogP contribution < -0.4 is 15.4 Å². The first-order valence-electron chi connectivity index (χ1n) is 8.14. The summed E-state index contributed by atoms with van der Waals surface area (Å²) in [5.41, 5.74) is 2.23. The van der Waals surface area contributed by atoms with Gasteiger partial charge in [-0.05, 0) is 56.7 Å². The number of rotatable bonds is 7. The fourth-order valence-electron chi connectivity index (χ4n) is 2.37. The van der Waals surface area contributed by atoms with Gasteiger partial charge < -0.3 is 20.5 Å². The molecule has 0 aliphatic rings. The predicted molar refractivity (Wildman–Crippen MR) is 96.4 cm³/mol. The molecule has 0 aromatic heterocycles. The Hall–Kier alpha value is -2.60. The number of nitrogens with one attached hydrogen (secondary N) is 2. The summed E-state index contributed by atoms with van der Waals surface area (Å²) in [5.74, 6) is -0.222. The van der Waals surface area contributed by atoms with Crippen molar-refractivity contribution in [2.24, 2.45) is 0 Å². The molecule has 0 saturated carbocycles. The van der Waals surface area contributed by atoms with Crippen LogP contribution in [0.25, 0.3) is 0 Å². The molecule has 1 amide bonds. The molecule has 1 atom stereocenters. The first-order valence-corrected chi connectivity index (χ1v) is 8.14. The van der Waals surface area contributed by atoms with Crippen LogP contribution in [0.2, 0.25) is 0 Å². The number of aryl methyl sites for hydroxylation is 1. The molecule has 6 heteroatoms. The van der Waals surface area contributed by atoms with Crippen molar-refractivity contribution in [3.8, 4) is 5.75 Å². The van der Waals surface area contributed by atoms with Gasteiger partial charge in [-0.2, -0.15) is 0 Å². The predicted octanol–water partition coefficient (Wildman–Crippen LogP) is 3.46. The van der Waals surface area contributed by atoms with E-state index in [1.165, 1.54) is 12.1 Å². The number of carbonyl (C=O) groups is 1. The number of halogens is 1. The number of aliphatic hydroxyl groups excluding tert-OH is 1. The topological polar surface area (TPSA) is 70.6 Å². The lowest BCUT2D eigenvalue weighted by Gasteiger charge is -2.17. The van der Waals surface area contributed by atoms with Crippen LogP contribution >= 0.6 is 0 Å². The van der Waals surface area contributed by atoms with Crippen molar-refractivity contribution in [3.05, 3.63) is 53.3 Å². The Bertz CT molecular complexity index is 749. The monoisotopic (exact) mass is 346 g/mol. The molecule has 0 bridgehead atoms. The van der Waals surface area contributed by atoms with E-state index < -0.39 is 11.9 Å². The van der Waals surface area contributed by atoms with Gasteiger partial charge in [-0.1, -0.05) is 6.07 Å². The van der Waals surface area contributed by atoms with E-state index in [1.54, 1.807) is 38.1 Å². The highest BCUT2D eigenvalue weighted by atomic mass is 19.1. The first-order chi connectivity index (χ1) is 11.9. The summed E-state index contributed by atoms with van der Waals surface area (Å²) in [7, 11) is 0. The highest BCUT2D eigenvalue weighted by molar-refractivity contribution is 5.96. The maximum Gasteiger partial charge on any atom is 0.246 e. The highest BCUT2D eigenvalue weighted by Crippen LogP contribution is 2.24. The summed E-state index contributed by atoms with van der Waals surface area (Å²) in [6.45, 7) is 5.66. The molecule has 5 nitrogen and oxygen atoms in total. The Kier molecular flexibility index (Phi) is 6.36. The van der Waals surface area contributed by atoms with Crippen LogP contribution in [0, 0.1) is 12.7 Å². The van der Waals surface area contributed by atoms with Gasteiger partial charge in [0.1, 0.15) is 17.6 Å². The lowest BCUT2D eigenvalue weighted by molar-refractivity contribution is -0.116. The lowest BCUT2D eigenvalue weighted by Crippen LogP contribution is -2.32. The number of amides is 1. The molecule has 25 heavy (non-hydrogen) atoms. The third kappa shape index (κ3) is 4.93. The Morgan fingerprint density at radius 3 is 2.68 bits per heavy atom. The SMILES string of the molecule is CCOc1ccc(NC(C)C(=O)Nc2ccc(C)cc2F)cc1CO. The van der Waals surface area contributed by atoms with Crippen molar-refractivity contribution in [2.45, 2.75) is 33.4 Å². The molecule has 2 aromatic carbocycles. The van der Waals surface area contributed by atoms with Crippen LogP contribution in [0.4, 0.5) is 15.8 Å². The van der Waals surface area contributed by atoms with E-state index in [0.717, 1.165) is 5.56 Å². The van der Waals surface area contributed by atoms with Gasteiger partial charge in [0, 0.05) is 11.3 Å². The molecule has 0 aliphatic heterocycles. The van der Waals surface area contributed by atoms with Crippen LogP contribution in [0.5, 0.6) is 5.75 Å². The number of aliphatic hydroxyl groups is 1. The molecule has 2 rings (SSSR count). The summed E-state index contributed by atoms with van der Waals surface area (Å²) >= 11 is 0. The summed E-state index contributed by atoms with van der Waals surface area (Å²) < 4.78 is 19.3. The van der Waals surface area contributed by atoms with E-state index in [2.05, 4.69) is 10.6 Å². The van der Waals surface area contributed by atoms with E-state index >= 15 is 0 Å². The first kappa shape index (κ1) is 18.7. The highest BCUT2D eigenvalue weighted by Gasteiger charge is 2.15. The van der Waals surface area contributed by atoms with Crippen molar-refractivity contribution in [3.63, 3.8) is 0 Å². The maximum atomic E-state index is 13.8. The largest absolute Gasteiger partial charge is 0.494 e. The van der Waals surface area contributed by atoms with Crippen molar-refractivity contribution >= 4 is 17.3 Å². The average Bonchev–Trinajstić information content (AvgIpc) is 2.58. The van der Waals surface area contributed by atoms with Gasteiger partial charge in [0.2, 0.25) is 5.91 Å². The van der Waals surface area contributed by atoms with E-state index in [-0.39, 0.29) is 18.2 Å². The molecule has 2 aromatic rings. The van der Waals surface area contributed by atoms with Crippen molar-refractivity contribution in [2.75, 3.05) is 17.2 Å². The van der Waals surface area contributed by atoms with Gasteiger partial charge in [0.15, 0.2) is 0 Å². The summed E-state index contributed by atoms with van der Waals surface area (Å²) in [6, 6.07) is 9.27. The summed E-state index contributed by atoms with van der Waals surface area (Å²) in [4.78, 5) is 12.3. The molecule has 3 N–H and O–H groups in total. The van der Waals surface area contributed by atoms with Crippen molar-refractivity contribution < 1.29 is 19.0 Å². The Labute approximate surface area is 146 Å². The standard InChI is InChI=1S/C19H23FN2O3/c1-4-25-18-8-6-15(10-14(18)11-23)21-13(3)19(24)22-17-7-5-12(2)9-16(17)20/h5-10,13,21,23H,4,11H2,1-3H3,(H,22,24). The molecule has 0 aliphatic carbocycles. The molecule has 0 radical (unpaired) electrons. The summed E-state index contributed by atoms with van der Waals surface area (Å²) in [6.07, 6.45) is 0. The van der Waals surface area contributed by atoms with Crippen LogP contribution in [-0.4, -0.2) is 23.7 Å². The Morgan fingerprint density at radius 2 is 2.04 bits per heavy atom. The van der Waals surface area contributed by atoms with Gasteiger partial charge in [-0.25, -0.2) is 4.39 Å². The zero-order chi connectivity index (χ0) is 18.4. The smallest absolute Gasteiger partial charge is 0.246 e. The number of benzene rings is 2. The molecular weight excluding hydrogens is 323 g/mol. The van der Waals surface area contributed by atoms with Gasteiger partial charge in [-0.15, -0.1) is 0 Å². The van der Waals surface area contributed by atoms with Crippen LogP contribution in [0.3, 0.4) is 0 Å². The minimum absolute atomic E-state index is 0.145. The van der Waals surface area contributed by atoms with E-state index in [1.807, 2.05) is 6.92 Å². The van der Waals surface area contributed by atoms with Crippen molar-refractivity contribution in [1.29, 1.82) is 0 Å². The summed E-state index contributed by atoms with van der Waals surface area (Å²) in [5, 5.41) is 15.0. The normalized spacial score (nSPS) is 11.7. The molecular formula is C19H23FN2O3. The number of carbonyl (C=O) groups excluding carboxylic acids is 1. The molecule has 134 valence electrons. The number of hydrogen-bond acceptors (Lipinski definition) is 4. The van der Waals surface area contributed by atoms with Gasteiger partial charge in [0.05, 0.1) is 18.9 Å². The van der Waals surface area contributed by atoms with E-state index in [4.69, 9.17) is 4.74 Å². The second-order valence-electron chi connectivity index (χ2n) is 5.75. The maximum absolute atomic E-state index is 13.8. The molecule has 0 spiro atoms. The molecule has 0 saturated heterocycles. The van der Waals surface area contributed by atoms with Gasteiger partial charge in [-0.3, -0.25) is 4.79 Å². The molecule has 1 unspecified atom stereocenters. The fraction of sp³-hybridized carbons (Fsp3) is 0.316. The zero-order valence-corrected chi connectivity index (χ0v) is 14.6. The van der Waals surface area contributed by atoms with E-state index in [0.29, 0.717) is 23.6 Å². The molecule has 0 heterocycles. The average molecular weight is 346 g/mol.